The molecule has 2 heteroatoms. The van der Waals surface area contributed by atoms with E-state index in [-0.39, 0.29) is 17.4 Å². The van der Waals surface area contributed by atoms with Gasteiger partial charge in [-0.2, -0.15) is 0 Å². The molecule has 0 unspecified atom stereocenters. The summed E-state index contributed by atoms with van der Waals surface area (Å²) in [6.45, 7) is 8.44. The number of halogens is 1. The van der Waals surface area contributed by atoms with Crippen molar-refractivity contribution in [2.75, 3.05) is 0 Å². The molecule has 0 bridgehead atoms. The Bertz CT molecular complexity index is 284. The van der Waals surface area contributed by atoms with Crippen molar-refractivity contribution in [3.8, 4) is 0 Å². The third-order valence-corrected chi connectivity index (χ3v) is 2.02. The summed E-state index contributed by atoms with van der Waals surface area (Å²) in [7, 11) is 0. The normalized spacial score (nSPS) is 14.1. The summed E-state index contributed by atoms with van der Waals surface area (Å²) in [5.41, 5.74) is 1.19. The number of nitrogens with one attached hydrogen (secondary N) is 1. The Hall–Kier alpha value is -0.890. The topological polar surface area (TPSA) is 12.0 Å². The van der Waals surface area contributed by atoms with Crippen molar-refractivity contribution in [3.63, 3.8) is 0 Å². The molecule has 0 aliphatic rings. The predicted molar refractivity (Wildman–Crippen MR) is 57.7 cm³/mol. The molecular weight excluding hydrogens is 177 g/mol. The van der Waals surface area contributed by atoms with E-state index >= 15 is 0 Å². The molecule has 0 aliphatic carbocycles. The molecule has 0 aromatic heterocycles. The van der Waals surface area contributed by atoms with Crippen molar-refractivity contribution in [2.45, 2.75) is 39.3 Å². The minimum atomic E-state index is -0.184. The molecule has 78 valence electrons. The zero-order chi connectivity index (χ0) is 10.8. The van der Waals surface area contributed by atoms with E-state index in [0.29, 0.717) is 0 Å². The van der Waals surface area contributed by atoms with E-state index in [9.17, 15) is 4.39 Å². The lowest BCUT2D eigenvalue weighted by molar-refractivity contribution is 0.378. The fourth-order valence-corrected chi connectivity index (χ4v) is 1.48. The molecule has 0 saturated heterocycles. The van der Waals surface area contributed by atoms with E-state index in [4.69, 9.17) is 0 Å². The van der Waals surface area contributed by atoms with E-state index in [1.807, 2.05) is 12.1 Å². The monoisotopic (exact) mass is 195 g/mol. The van der Waals surface area contributed by atoms with Crippen LogP contribution in [0.15, 0.2) is 24.3 Å². The summed E-state index contributed by atoms with van der Waals surface area (Å²) in [6.07, 6.45) is 0. The Balaban J connectivity index is 2.70. The van der Waals surface area contributed by atoms with Gasteiger partial charge in [-0.05, 0) is 45.4 Å². The highest BCUT2D eigenvalue weighted by atomic mass is 19.1. The second-order valence-corrected chi connectivity index (χ2v) is 4.67. The molecule has 1 aromatic rings. The molecule has 0 amide bonds. The maximum atomic E-state index is 12.7. The maximum Gasteiger partial charge on any atom is 0.123 e. The highest BCUT2D eigenvalue weighted by Gasteiger charge is 2.14. The molecule has 0 spiro atoms. The van der Waals surface area contributed by atoms with Crippen LogP contribution in [0.1, 0.15) is 39.3 Å². The van der Waals surface area contributed by atoms with Gasteiger partial charge in [-0.25, -0.2) is 4.39 Å². The van der Waals surface area contributed by atoms with Crippen molar-refractivity contribution >= 4 is 0 Å². The molecule has 1 atom stereocenters. The van der Waals surface area contributed by atoms with Gasteiger partial charge in [0.1, 0.15) is 5.82 Å². The van der Waals surface area contributed by atoms with Crippen molar-refractivity contribution < 1.29 is 4.39 Å². The van der Waals surface area contributed by atoms with Crippen molar-refractivity contribution in [2.24, 2.45) is 0 Å². The Morgan fingerprint density at radius 3 is 2.07 bits per heavy atom. The molecule has 0 heterocycles. The Morgan fingerprint density at radius 1 is 1.14 bits per heavy atom. The molecule has 0 fully saturated rings. The smallest absolute Gasteiger partial charge is 0.123 e. The molecule has 1 nitrogen and oxygen atoms in total. The van der Waals surface area contributed by atoms with Crippen LogP contribution in [0.5, 0.6) is 0 Å². The largest absolute Gasteiger partial charge is 0.306 e. The zero-order valence-electron chi connectivity index (χ0n) is 9.26. The van der Waals surface area contributed by atoms with Crippen LogP contribution < -0.4 is 5.32 Å². The SMILES string of the molecule is C[C@@H](NC(C)(C)C)c1ccc(F)cc1. The van der Waals surface area contributed by atoms with Gasteiger partial charge in [0.2, 0.25) is 0 Å². The van der Waals surface area contributed by atoms with Gasteiger partial charge < -0.3 is 5.32 Å². The minimum Gasteiger partial charge on any atom is -0.306 e. The predicted octanol–water partition coefficient (Wildman–Crippen LogP) is 3.27. The van der Waals surface area contributed by atoms with Crippen LogP contribution in [0.3, 0.4) is 0 Å². The Kier molecular flexibility index (Phi) is 3.27. The van der Waals surface area contributed by atoms with Gasteiger partial charge in [0, 0.05) is 11.6 Å². The fraction of sp³-hybridized carbons (Fsp3) is 0.500. The number of hydrogen-bond acceptors (Lipinski definition) is 1. The minimum absolute atomic E-state index is 0.0772. The molecule has 0 radical (unpaired) electrons. The number of hydrogen-bond donors (Lipinski definition) is 1. The highest BCUT2D eigenvalue weighted by Crippen LogP contribution is 2.16. The average Bonchev–Trinajstić information content (AvgIpc) is 2.02. The summed E-state index contributed by atoms with van der Waals surface area (Å²) in [4.78, 5) is 0. The van der Waals surface area contributed by atoms with Crippen LogP contribution in [0, 0.1) is 5.82 Å². The van der Waals surface area contributed by atoms with Crippen LogP contribution in [-0.2, 0) is 0 Å². The van der Waals surface area contributed by atoms with Crippen LogP contribution in [0.2, 0.25) is 0 Å². The quantitative estimate of drug-likeness (QED) is 0.763. The van der Waals surface area contributed by atoms with E-state index in [2.05, 4.69) is 33.0 Å². The molecular formula is C12H18FN. The molecule has 14 heavy (non-hydrogen) atoms. The maximum absolute atomic E-state index is 12.7. The van der Waals surface area contributed by atoms with Crippen molar-refractivity contribution in [1.82, 2.24) is 5.32 Å². The van der Waals surface area contributed by atoms with Gasteiger partial charge in [0.25, 0.3) is 0 Å². The summed E-state index contributed by atoms with van der Waals surface area (Å²) in [6, 6.07) is 6.87. The first-order valence-corrected chi connectivity index (χ1v) is 4.92. The van der Waals surface area contributed by atoms with Gasteiger partial charge in [0.15, 0.2) is 0 Å². The zero-order valence-corrected chi connectivity index (χ0v) is 9.26. The first-order chi connectivity index (χ1) is 6.38. The third kappa shape index (κ3) is 3.46. The van der Waals surface area contributed by atoms with Crippen molar-refractivity contribution in [1.29, 1.82) is 0 Å². The van der Waals surface area contributed by atoms with Gasteiger partial charge >= 0.3 is 0 Å². The molecule has 0 aliphatic heterocycles. The van der Waals surface area contributed by atoms with Crippen molar-refractivity contribution in [3.05, 3.63) is 35.6 Å². The van der Waals surface area contributed by atoms with E-state index in [0.717, 1.165) is 5.56 Å². The Labute approximate surface area is 85.3 Å². The Morgan fingerprint density at radius 2 is 1.64 bits per heavy atom. The summed E-state index contributed by atoms with van der Waals surface area (Å²) >= 11 is 0. The van der Waals surface area contributed by atoms with Gasteiger partial charge in [-0.3, -0.25) is 0 Å². The van der Waals surface area contributed by atoms with Crippen LogP contribution in [0.25, 0.3) is 0 Å². The highest BCUT2D eigenvalue weighted by molar-refractivity contribution is 5.19. The third-order valence-electron chi connectivity index (χ3n) is 2.02. The standard InChI is InChI=1S/C12H18FN/c1-9(14-12(2,3)4)10-5-7-11(13)8-6-10/h5-9,14H,1-4H3/t9-/m1/s1. The van der Waals surface area contributed by atoms with Crippen LogP contribution in [0.4, 0.5) is 4.39 Å². The van der Waals surface area contributed by atoms with E-state index in [1.54, 1.807) is 0 Å². The summed E-state index contributed by atoms with van der Waals surface area (Å²) in [5, 5.41) is 3.43. The first kappa shape index (κ1) is 11.2. The second kappa shape index (κ2) is 4.09. The number of benzene rings is 1. The van der Waals surface area contributed by atoms with E-state index in [1.165, 1.54) is 12.1 Å². The molecule has 1 rings (SSSR count). The lowest BCUT2D eigenvalue weighted by Gasteiger charge is -2.26. The van der Waals surface area contributed by atoms with Crippen LogP contribution >= 0.6 is 0 Å². The summed E-state index contributed by atoms with van der Waals surface area (Å²) in [5.74, 6) is -0.184. The lowest BCUT2D eigenvalue weighted by atomic mass is 10.0. The van der Waals surface area contributed by atoms with Gasteiger partial charge in [-0.15, -0.1) is 0 Å². The second-order valence-electron chi connectivity index (χ2n) is 4.67. The van der Waals surface area contributed by atoms with Crippen LogP contribution in [-0.4, -0.2) is 5.54 Å². The lowest BCUT2D eigenvalue weighted by Crippen LogP contribution is -2.37. The van der Waals surface area contributed by atoms with Gasteiger partial charge in [0.05, 0.1) is 0 Å². The number of rotatable bonds is 2. The molecule has 1 N–H and O–H groups in total. The molecule has 1 aromatic carbocycles. The summed E-state index contributed by atoms with van der Waals surface area (Å²) < 4.78 is 12.7. The molecule has 0 saturated carbocycles. The van der Waals surface area contributed by atoms with E-state index < -0.39 is 0 Å². The van der Waals surface area contributed by atoms with Gasteiger partial charge in [-0.1, -0.05) is 12.1 Å². The average molecular weight is 195 g/mol. The first-order valence-electron chi connectivity index (χ1n) is 4.92. The fourth-order valence-electron chi connectivity index (χ4n) is 1.48.